The van der Waals surface area contributed by atoms with Crippen LogP contribution in [-0.4, -0.2) is 51.2 Å². The quantitative estimate of drug-likeness (QED) is 0.659. The number of rotatable bonds is 5. The van der Waals surface area contributed by atoms with Crippen LogP contribution in [0.15, 0.2) is 49.2 Å². The van der Waals surface area contributed by atoms with Gasteiger partial charge in [0, 0.05) is 31.7 Å². The van der Waals surface area contributed by atoms with Crippen LogP contribution in [0.5, 0.6) is 11.5 Å². The minimum Gasteiger partial charge on any atom is -0.486 e. The molecule has 0 aliphatic carbocycles. The Bertz CT molecular complexity index is 1070. The summed E-state index contributed by atoms with van der Waals surface area (Å²) in [5, 5.41) is 3.11. The molecule has 1 aromatic carbocycles. The van der Waals surface area contributed by atoms with Gasteiger partial charge in [-0.25, -0.2) is 9.97 Å². The summed E-state index contributed by atoms with van der Waals surface area (Å²) in [6.45, 7) is 2.32. The third-order valence-electron chi connectivity index (χ3n) is 5.79. The Hall–Kier alpha value is -3.62. The molecular weight excluding hydrogens is 408 g/mol. The molecule has 9 nitrogen and oxygen atoms in total. The number of anilines is 1. The van der Waals surface area contributed by atoms with Crippen molar-refractivity contribution in [3.8, 4) is 17.4 Å². The third-order valence-corrected chi connectivity index (χ3v) is 5.79. The number of amides is 1. The Balaban J connectivity index is 1.31. The number of nitrogens with one attached hydrogen (secondary N) is 1. The fourth-order valence-corrected chi connectivity index (χ4v) is 4.16. The van der Waals surface area contributed by atoms with E-state index in [4.69, 9.17) is 14.5 Å². The van der Waals surface area contributed by atoms with Gasteiger partial charge in [0.25, 0.3) is 0 Å². The number of hydrogen-bond donors (Lipinski definition) is 1. The molecule has 9 heteroatoms. The van der Waals surface area contributed by atoms with Crippen LogP contribution < -0.4 is 19.7 Å². The Morgan fingerprint density at radius 2 is 2.00 bits per heavy atom. The van der Waals surface area contributed by atoms with Crippen LogP contribution in [-0.2, 0) is 11.3 Å². The normalized spacial score (nSPS) is 18.1. The maximum atomic E-state index is 13.2. The molecule has 2 aromatic heterocycles. The van der Waals surface area contributed by atoms with Gasteiger partial charge in [-0.15, -0.1) is 0 Å². The monoisotopic (exact) mass is 434 g/mol. The van der Waals surface area contributed by atoms with E-state index in [1.807, 2.05) is 24.3 Å². The first-order chi connectivity index (χ1) is 15.8. The molecule has 3 aromatic rings. The highest BCUT2D eigenvalue weighted by molar-refractivity contribution is 5.85. The fraction of sp³-hybridized carbons (Fsp3) is 0.391. The lowest BCUT2D eigenvalue weighted by Crippen LogP contribution is -2.47. The van der Waals surface area contributed by atoms with Gasteiger partial charge in [-0.2, -0.15) is 4.98 Å². The van der Waals surface area contributed by atoms with Crippen LogP contribution in [0.3, 0.4) is 0 Å². The van der Waals surface area contributed by atoms with Gasteiger partial charge in [-0.3, -0.25) is 9.36 Å². The molecule has 0 bridgehead atoms. The number of fused-ring (bicyclic) bond motifs is 1. The van der Waals surface area contributed by atoms with E-state index in [1.54, 1.807) is 29.5 Å². The molecule has 1 saturated heterocycles. The first-order valence-electron chi connectivity index (χ1n) is 11.0. The molecule has 1 unspecified atom stereocenters. The summed E-state index contributed by atoms with van der Waals surface area (Å²) in [5.74, 6) is 2.78. The van der Waals surface area contributed by atoms with Gasteiger partial charge < -0.3 is 19.7 Å². The zero-order valence-corrected chi connectivity index (χ0v) is 17.8. The number of carbonyl (C=O) groups is 1. The van der Waals surface area contributed by atoms with Crippen molar-refractivity contribution in [1.82, 2.24) is 24.8 Å². The van der Waals surface area contributed by atoms with Gasteiger partial charge in [0.15, 0.2) is 11.5 Å². The summed E-state index contributed by atoms with van der Waals surface area (Å²) in [7, 11) is 0. The molecule has 1 amide bonds. The topological polar surface area (TPSA) is 94.4 Å². The summed E-state index contributed by atoms with van der Waals surface area (Å²) in [5.41, 5.74) is 0.979. The van der Waals surface area contributed by atoms with Crippen molar-refractivity contribution in [3.63, 3.8) is 0 Å². The second-order valence-corrected chi connectivity index (χ2v) is 7.94. The third kappa shape index (κ3) is 4.37. The van der Waals surface area contributed by atoms with Crippen molar-refractivity contribution in [2.75, 3.05) is 24.7 Å². The zero-order valence-electron chi connectivity index (χ0n) is 17.8. The highest BCUT2D eigenvalue weighted by Crippen LogP contribution is 2.30. The molecule has 0 radical (unpaired) electrons. The van der Waals surface area contributed by atoms with Gasteiger partial charge in [0.1, 0.15) is 31.4 Å². The van der Waals surface area contributed by atoms with Crippen LogP contribution in [0, 0.1) is 0 Å². The molecule has 4 heterocycles. The number of hydrogen-bond acceptors (Lipinski definition) is 7. The summed E-state index contributed by atoms with van der Waals surface area (Å²) >= 11 is 0. The first kappa shape index (κ1) is 20.3. The largest absolute Gasteiger partial charge is 0.486 e. The van der Waals surface area contributed by atoms with E-state index >= 15 is 0 Å². The average molecular weight is 435 g/mol. The molecule has 166 valence electrons. The van der Waals surface area contributed by atoms with E-state index < -0.39 is 0 Å². The van der Waals surface area contributed by atoms with Crippen molar-refractivity contribution in [1.29, 1.82) is 0 Å². The lowest BCUT2D eigenvalue weighted by molar-refractivity contribution is -0.122. The Kier molecular flexibility index (Phi) is 5.87. The summed E-state index contributed by atoms with van der Waals surface area (Å²) in [6.07, 6.45) is 10.8. The van der Waals surface area contributed by atoms with E-state index in [-0.39, 0.29) is 11.9 Å². The fourth-order valence-electron chi connectivity index (χ4n) is 4.16. The SMILES string of the molecule is O=C(NCc1ccc2c(c1)OCCO2)C1CCCCCN1c1ccnc(-n2ccnc2)n1. The smallest absolute Gasteiger partial charge is 0.243 e. The van der Waals surface area contributed by atoms with Crippen LogP contribution >= 0.6 is 0 Å². The van der Waals surface area contributed by atoms with E-state index in [0.717, 1.165) is 55.1 Å². The van der Waals surface area contributed by atoms with Gasteiger partial charge >= 0.3 is 0 Å². The number of ether oxygens (including phenoxy) is 2. The molecule has 5 rings (SSSR count). The van der Waals surface area contributed by atoms with Crippen LogP contribution in [0.1, 0.15) is 31.2 Å². The number of benzene rings is 1. The molecular formula is C23H26N6O3. The highest BCUT2D eigenvalue weighted by atomic mass is 16.6. The second kappa shape index (κ2) is 9.25. The molecule has 1 atom stereocenters. The molecule has 32 heavy (non-hydrogen) atoms. The molecule has 1 N–H and O–H groups in total. The predicted octanol–water partition coefficient (Wildman–Crippen LogP) is 2.50. The van der Waals surface area contributed by atoms with Crippen LogP contribution in [0.2, 0.25) is 0 Å². The summed E-state index contributed by atoms with van der Waals surface area (Å²) in [6, 6.07) is 7.38. The van der Waals surface area contributed by atoms with E-state index in [1.165, 1.54) is 0 Å². The van der Waals surface area contributed by atoms with Crippen molar-refractivity contribution in [2.24, 2.45) is 0 Å². The van der Waals surface area contributed by atoms with Crippen LogP contribution in [0.4, 0.5) is 5.82 Å². The maximum absolute atomic E-state index is 13.2. The number of nitrogens with zero attached hydrogens (tertiary/aromatic N) is 5. The van der Waals surface area contributed by atoms with Gasteiger partial charge in [0.05, 0.1) is 0 Å². The first-order valence-corrected chi connectivity index (χ1v) is 11.0. The lowest BCUT2D eigenvalue weighted by atomic mass is 10.1. The van der Waals surface area contributed by atoms with Gasteiger partial charge in [-0.1, -0.05) is 18.9 Å². The Morgan fingerprint density at radius 3 is 2.88 bits per heavy atom. The van der Waals surface area contributed by atoms with Gasteiger partial charge in [-0.05, 0) is 36.6 Å². The molecule has 2 aliphatic rings. The average Bonchev–Trinajstić information content (AvgIpc) is 3.27. The Morgan fingerprint density at radius 1 is 1.09 bits per heavy atom. The van der Waals surface area contributed by atoms with Crippen LogP contribution in [0.25, 0.3) is 5.95 Å². The van der Waals surface area contributed by atoms with Crippen molar-refractivity contribution in [2.45, 2.75) is 38.3 Å². The molecule has 0 spiro atoms. The van der Waals surface area contributed by atoms with Crippen molar-refractivity contribution in [3.05, 3.63) is 54.7 Å². The number of carbonyl (C=O) groups excluding carboxylic acids is 1. The molecule has 2 aliphatic heterocycles. The molecule has 0 saturated carbocycles. The standard InChI is InChI=1S/C23H26N6O3/c30-22(26-15-17-5-6-19-20(14-17)32-13-12-31-19)18-4-2-1-3-10-29(18)21-7-8-25-23(27-21)28-11-9-24-16-28/h5-9,11,14,16,18H,1-4,10,12-13,15H2,(H,26,30). The van der Waals surface area contributed by atoms with E-state index in [2.05, 4.69) is 20.2 Å². The second-order valence-electron chi connectivity index (χ2n) is 7.94. The molecule has 1 fully saturated rings. The minimum atomic E-state index is -0.278. The van der Waals surface area contributed by atoms with Crippen molar-refractivity contribution < 1.29 is 14.3 Å². The number of imidazole rings is 1. The van der Waals surface area contributed by atoms with E-state index in [9.17, 15) is 4.79 Å². The van der Waals surface area contributed by atoms with Gasteiger partial charge in [0.2, 0.25) is 11.9 Å². The lowest BCUT2D eigenvalue weighted by Gasteiger charge is -2.30. The minimum absolute atomic E-state index is 0.00424. The highest BCUT2D eigenvalue weighted by Gasteiger charge is 2.29. The van der Waals surface area contributed by atoms with Crippen molar-refractivity contribution >= 4 is 11.7 Å². The summed E-state index contributed by atoms with van der Waals surface area (Å²) in [4.78, 5) is 28.5. The zero-order chi connectivity index (χ0) is 21.8. The van der Waals surface area contributed by atoms with E-state index in [0.29, 0.717) is 25.7 Å². The summed E-state index contributed by atoms with van der Waals surface area (Å²) < 4.78 is 13.0. The number of aromatic nitrogens is 4. The maximum Gasteiger partial charge on any atom is 0.243 e. The predicted molar refractivity (Wildman–Crippen MR) is 118 cm³/mol. The Labute approximate surface area is 186 Å².